The van der Waals surface area contributed by atoms with E-state index in [2.05, 4.69) is 379 Å². The van der Waals surface area contributed by atoms with Crippen LogP contribution in [-0.2, 0) is 0 Å². The summed E-state index contributed by atoms with van der Waals surface area (Å²) in [6.45, 7) is 0. The molecule has 0 aliphatic heterocycles. The lowest BCUT2D eigenvalue weighted by Crippen LogP contribution is -2.11. The second-order valence-electron chi connectivity index (χ2n) is 21.0. The summed E-state index contributed by atoms with van der Waals surface area (Å²) in [6.07, 6.45) is 0. The molecule has 0 saturated carbocycles. The number of hydrogen-bond acceptors (Lipinski definition) is 5. The van der Waals surface area contributed by atoms with E-state index in [1.54, 1.807) is 0 Å². The summed E-state index contributed by atoms with van der Waals surface area (Å²) in [6, 6.07) is 128. The maximum Gasteiger partial charge on any atom is 0.0781 e. The summed E-state index contributed by atoms with van der Waals surface area (Å²) in [5.41, 5.74) is 20.6. The third-order valence-corrected chi connectivity index (χ3v) is 15.4. The van der Waals surface area contributed by atoms with Crippen LogP contribution in [0.5, 0.6) is 0 Å². The Kier molecular flexibility index (Phi) is 16.2. The van der Waals surface area contributed by atoms with E-state index in [1.165, 1.54) is 16.7 Å². The molecule has 0 aromatic heterocycles. The summed E-state index contributed by atoms with van der Waals surface area (Å²) in [5.74, 6) is 0.0680. The number of anilines is 9. The van der Waals surface area contributed by atoms with E-state index in [1.807, 2.05) is 0 Å². The van der Waals surface area contributed by atoms with Crippen molar-refractivity contribution in [2.75, 3.05) is 14.7 Å². The van der Waals surface area contributed by atoms with Crippen molar-refractivity contribution in [1.82, 2.24) is 0 Å². The van der Waals surface area contributed by atoms with Crippen molar-refractivity contribution in [2.24, 2.45) is 9.98 Å². The average molecular weight is 1100 g/mol. The highest BCUT2D eigenvalue weighted by Gasteiger charge is 2.20. The van der Waals surface area contributed by atoms with Crippen molar-refractivity contribution in [3.8, 4) is 0 Å². The molecule has 5 nitrogen and oxygen atoms in total. The van der Waals surface area contributed by atoms with Crippen LogP contribution in [-0.4, -0.2) is 11.4 Å². The molecule has 0 aliphatic carbocycles. The fourth-order valence-electron chi connectivity index (χ4n) is 11.3. The third-order valence-electron chi connectivity index (χ3n) is 15.4. The molecule has 410 valence electrons. The maximum atomic E-state index is 5.51. The molecular weight excluding hydrogens is 1040 g/mol. The summed E-state index contributed by atoms with van der Waals surface area (Å²) in [7, 11) is 0. The molecule has 13 rings (SSSR count). The number of benzene rings is 13. The number of nitrogens with zero attached hydrogens (tertiary/aromatic N) is 5. The van der Waals surface area contributed by atoms with Crippen LogP contribution >= 0.6 is 0 Å². The van der Waals surface area contributed by atoms with Gasteiger partial charge in [0.15, 0.2) is 0 Å². The van der Waals surface area contributed by atoms with Gasteiger partial charge < -0.3 is 14.7 Å². The van der Waals surface area contributed by atoms with Crippen LogP contribution < -0.4 is 14.7 Å². The maximum absolute atomic E-state index is 5.51. The number of para-hydroxylation sites is 6. The van der Waals surface area contributed by atoms with Gasteiger partial charge in [-0.25, -0.2) is 9.98 Å². The van der Waals surface area contributed by atoms with Gasteiger partial charge in [-0.3, -0.25) is 0 Å². The van der Waals surface area contributed by atoms with Crippen molar-refractivity contribution >= 4 is 74.0 Å². The van der Waals surface area contributed by atoms with Crippen LogP contribution in [0.4, 0.5) is 62.6 Å². The van der Waals surface area contributed by atoms with E-state index in [9.17, 15) is 0 Å². The van der Waals surface area contributed by atoms with Crippen molar-refractivity contribution in [3.05, 3.63) is 403 Å². The van der Waals surface area contributed by atoms with Crippen molar-refractivity contribution < 1.29 is 0 Å². The third kappa shape index (κ3) is 12.2. The highest BCUT2D eigenvalue weighted by molar-refractivity contribution is 6.15. The van der Waals surface area contributed by atoms with Gasteiger partial charge in [0, 0.05) is 79.4 Å². The Morgan fingerprint density at radius 2 is 0.372 bits per heavy atom. The largest absolute Gasteiger partial charge is 0.311 e. The normalized spacial score (nSPS) is 11.2. The molecular formula is C81H61N5. The molecule has 0 amide bonds. The standard InChI is InChI=1S/C81H61N5/c1-9-25-61(26-10-1)79(62-27-11-2-12-28-62)63-41-43-64(44-42-63)80(65-45-55-76(56-46-65)84(70-29-13-3-14-30-70)71-31-15-4-16-32-71)82-68-51-53-69(54-52-68)83-81(66-47-57-77(58-48-66)85(72-33-17-5-18-34-72)73-35-19-6-20-36-73)67-49-59-78(60-50-67)86(74-37-21-7-22-38-74)75-39-23-8-24-40-75/h1-60,79H. The highest BCUT2D eigenvalue weighted by atomic mass is 15.2. The molecule has 13 aromatic rings. The van der Waals surface area contributed by atoms with Crippen LogP contribution in [0.1, 0.15) is 44.9 Å². The first kappa shape index (κ1) is 53.9. The second kappa shape index (κ2) is 25.8. The lowest BCUT2D eigenvalue weighted by Gasteiger charge is -2.26. The predicted molar refractivity (Wildman–Crippen MR) is 361 cm³/mol. The van der Waals surface area contributed by atoms with Gasteiger partial charge in [0.2, 0.25) is 0 Å². The van der Waals surface area contributed by atoms with Gasteiger partial charge in [-0.1, -0.05) is 231 Å². The van der Waals surface area contributed by atoms with Gasteiger partial charge in [0.05, 0.1) is 22.8 Å². The van der Waals surface area contributed by atoms with Crippen molar-refractivity contribution in [2.45, 2.75) is 5.92 Å². The SMILES string of the molecule is c1ccc(C(c2ccccc2)c2ccc(C(=Nc3ccc(N=C(c4ccc(N(c5ccccc5)c5ccccc5)cc4)c4ccc(N(c5ccccc5)c5ccccc5)cc4)cc3)c3ccc(N(c4ccccc4)c4ccccc4)cc3)cc2)cc1. The van der Waals surface area contributed by atoms with Gasteiger partial charge in [-0.05, 0) is 150 Å². The minimum atomic E-state index is 0.0680. The van der Waals surface area contributed by atoms with E-state index < -0.39 is 0 Å². The first-order valence-corrected chi connectivity index (χ1v) is 29.2. The molecule has 0 saturated heterocycles. The van der Waals surface area contributed by atoms with Gasteiger partial charge >= 0.3 is 0 Å². The molecule has 0 atom stereocenters. The van der Waals surface area contributed by atoms with Crippen LogP contribution in [0, 0.1) is 0 Å². The minimum absolute atomic E-state index is 0.0680. The zero-order valence-electron chi connectivity index (χ0n) is 47.5. The number of aliphatic imine (C=N–C) groups is 2. The Balaban J connectivity index is 0.889. The lowest BCUT2D eigenvalue weighted by molar-refractivity contribution is 0.977. The lowest BCUT2D eigenvalue weighted by atomic mass is 9.84. The smallest absolute Gasteiger partial charge is 0.0781 e. The summed E-state index contributed by atoms with van der Waals surface area (Å²) >= 11 is 0. The second-order valence-corrected chi connectivity index (χ2v) is 21.0. The van der Waals surface area contributed by atoms with Gasteiger partial charge in [-0.15, -0.1) is 0 Å². The van der Waals surface area contributed by atoms with Crippen LogP contribution in [0.3, 0.4) is 0 Å². The Bertz CT molecular complexity index is 3600. The number of hydrogen-bond donors (Lipinski definition) is 0. The molecule has 0 unspecified atom stereocenters. The molecule has 0 aliphatic rings. The zero-order chi connectivity index (χ0) is 57.7. The van der Waals surface area contributed by atoms with E-state index >= 15 is 0 Å². The van der Waals surface area contributed by atoms with Gasteiger partial charge in [0.25, 0.3) is 0 Å². The molecule has 0 spiro atoms. The summed E-state index contributed by atoms with van der Waals surface area (Å²) in [5, 5.41) is 0. The molecule has 13 aromatic carbocycles. The summed E-state index contributed by atoms with van der Waals surface area (Å²) < 4.78 is 0. The van der Waals surface area contributed by atoms with Crippen LogP contribution in [0.2, 0.25) is 0 Å². The Morgan fingerprint density at radius 3 is 0.605 bits per heavy atom. The monoisotopic (exact) mass is 1100 g/mol. The number of rotatable bonds is 18. The fourth-order valence-corrected chi connectivity index (χ4v) is 11.3. The Hall–Kier alpha value is -11.4. The fraction of sp³-hybridized carbons (Fsp3) is 0.0123. The van der Waals surface area contributed by atoms with Crippen molar-refractivity contribution in [3.63, 3.8) is 0 Å². The molecule has 0 N–H and O–H groups in total. The molecule has 0 heterocycles. The predicted octanol–water partition coefficient (Wildman–Crippen LogP) is 21.6. The topological polar surface area (TPSA) is 34.4 Å². The van der Waals surface area contributed by atoms with E-state index in [0.29, 0.717) is 0 Å². The molecule has 0 bridgehead atoms. The van der Waals surface area contributed by atoms with Crippen LogP contribution in [0.25, 0.3) is 0 Å². The quantitative estimate of drug-likeness (QED) is 0.0634. The molecule has 86 heavy (non-hydrogen) atoms. The van der Waals surface area contributed by atoms with E-state index in [4.69, 9.17) is 9.98 Å². The van der Waals surface area contributed by atoms with Gasteiger partial charge in [0.1, 0.15) is 0 Å². The van der Waals surface area contributed by atoms with Crippen molar-refractivity contribution in [1.29, 1.82) is 0 Å². The van der Waals surface area contributed by atoms with E-state index in [-0.39, 0.29) is 5.92 Å². The highest BCUT2D eigenvalue weighted by Crippen LogP contribution is 2.39. The molecule has 5 heteroatoms. The summed E-state index contributed by atoms with van der Waals surface area (Å²) in [4.78, 5) is 17.9. The van der Waals surface area contributed by atoms with E-state index in [0.717, 1.165) is 96.2 Å². The van der Waals surface area contributed by atoms with Crippen LogP contribution in [0.15, 0.2) is 374 Å². The molecule has 0 fully saturated rings. The first-order valence-electron chi connectivity index (χ1n) is 29.2. The van der Waals surface area contributed by atoms with Gasteiger partial charge in [-0.2, -0.15) is 0 Å². The Morgan fingerprint density at radius 1 is 0.186 bits per heavy atom. The molecule has 0 radical (unpaired) electrons. The Labute approximate surface area is 504 Å². The minimum Gasteiger partial charge on any atom is -0.311 e. The zero-order valence-corrected chi connectivity index (χ0v) is 47.5. The first-order chi connectivity index (χ1) is 42.7. The average Bonchev–Trinajstić information content (AvgIpc) is 3.06.